The van der Waals surface area contributed by atoms with Crippen LogP contribution >= 0.6 is 0 Å². The first-order chi connectivity index (χ1) is 14.2. The van der Waals surface area contributed by atoms with E-state index in [0.717, 1.165) is 44.3 Å². The van der Waals surface area contributed by atoms with Crippen molar-refractivity contribution in [2.24, 2.45) is 0 Å². The van der Waals surface area contributed by atoms with Gasteiger partial charge in [0.1, 0.15) is 0 Å². The van der Waals surface area contributed by atoms with Gasteiger partial charge in [0.2, 0.25) is 0 Å². The molecule has 2 aromatic rings. The third kappa shape index (κ3) is 5.59. The second-order valence-corrected chi connectivity index (χ2v) is 7.46. The van der Waals surface area contributed by atoms with E-state index < -0.39 is 0 Å². The molecule has 1 N–H and O–H groups in total. The molecule has 3 rings (SSSR count). The first kappa shape index (κ1) is 20.4. The van der Waals surface area contributed by atoms with Gasteiger partial charge in [-0.3, -0.25) is 0 Å². The van der Waals surface area contributed by atoms with Crippen LogP contribution < -0.4 is 5.32 Å². The largest absolute Gasteiger partial charge is 0.331 e. The van der Waals surface area contributed by atoms with E-state index in [-0.39, 0.29) is 12.1 Å². The summed E-state index contributed by atoms with van der Waals surface area (Å²) < 4.78 is 0. The molecule has 5 heteroatoms. The molecule has 1 fully saturated rings. The van der Waals surface area contributed by atoms with Gasteiger partial charge in [0.25, 0.3) is 0 Å². The average Bonchev–Trinajstić information content (AvgIpc) is 2.79. The Balaban J connectivity index is 1.57. The van der Waals surface area contributed by atoms with Crippen molar-refractivity contribution in [1.29, 1.82) is 10.5 Å². The van der Waals surface area contributed by atoms with Crippen LogP contribution in [0.5, 0.6) is 0 Å². The number of carbonyl (C=O) groups is 1. The summed E-state index contributed by atoms with van der Waals surface area (Å²) in [6.45, 7) is 1.44. The molecular formula is C24H26N4O. The van der Waals surface area contributed by atoms with E-state index in [0.29, 0.717) is 17.9 Å². The van der Waals surface area contributed by atoms with Crippen LogP contribution in [0.4, 0.5) is 4.79 Å². The molecule has 0 aliphatic carbocycles. The van der Waals surface area contributed by atoms with Crippen LogP contribution in [0.1, 0.15) is 60.8 Å². The third-order valence-corrected chi connectivity index (χ3v) is 5.57. The summed E-state index contributed by atoms with van der Waals surface area (Å²) in [5, 5.41) is 20.9. The number of nitrogens with one attached hydrogen (secondary N) is 1. The van der Waals surface area contributed by atoms with Gasteiger partial charge in [-0.1, -0.05) is 42.5 Å². The van der Waals surface area contributed by atoms with E-state index in [9.17, 15) is 4.79 Å². The molecule has 0 bridgehead atoms. The number of hydrogen-bond donors (Lipinski definition) is 1. The van der Waals surface area contributed by atoms with Crippen LogP contribution in [0, 0.1) is 22.7 Å². The van der Waals surface area contributed by atoms with Gasteiger partial charge in [-0.05, 0) is 54.9 Å². The molecule has 1 aliphatic rings. The van der Waals surface area contributed by atoms with Gasteiger partial charge in [-0.15, -0.1) is 0 Å². The number of urea groups is 1. The number of piperidine rings is 1. The Labute approximate surface area is 172 Å². The van der Waals surface area contributed by atoms with Crippen LogP contribution in [-0.2, 0) is 0 Å². The molecule has 148 valence electrons. The molecule has 0 spiro atoms. The lowest BCUT2D eigenvalue weighted by Crippen LogP contribution is -2.45. The highest BCUT2D eigenvalue weighted by Gasteiger charge is 2.25. The molecule has 1 heterocycles. The standard InChI is InChI=1S/C24H26N4O/c25-15-5-4-8-23(22-6-2-1-3-7-22)27-24(29)28-16-13-21(14-17-28)20-11-9-19(18-26)10-12-20/h1-3,6-7,9-12,21,23H,4-5,8,13-14,16-17H2,(H,27,29). The van der Waals surface area contributed by atoms with E-state index >= 15 is 0 Å². The van der Waals surface area contributed by atoms with Crippen molar-refractivity contribution in [2.45, 2.75) is 44.1 Å². The van der Waals surface area contributed by atoms with Gasteiger partial charge in [0.15, 0.2) is 0 Å². The van der Waals surface area contributed by atoms with Crippen LogP contribution in [-0.4, -0.2) is 24.0 Å². The van der Waals surface area contributed by atoms with E-state index in [1.54, 1.807) is 0 Å². The highest BCUT2D eigenvalue weighted by molar-refractivity contribution is 5.74. The Morgan fingerprint density at radius 3 is 2.38 bits per heavy atom. The molecule has 5 nitrogen and oxygen atoms in total. The number of benzene rings is 2. The Kier molecular flexibility index (Phi) is 7.25. The van der Waals surface area contributed by atoms with Crippen LogP contribution in [0.2, 0.25) is 0 Å². The van der Waals surface area contributed by atoms with Crippen molar-refractivity contribution < 1.29 is 4.79 Å². The lowest BCUT2D eigenvalue weighted by Gasteiger charge is -2.33. The second-order valence-electron chi connectivity index (χ2n) is 7.46. The number of rotatable bonds is 6. The highest BCUT2D eigenvalue weighted by atomic mass is 16.2. The zero-order valence-electron chi connectivity index (χ0n) is 16.6. The van der Waals surface area contributed by atoms with Gasteiger partial charge >= 0.3 is 6.03 Å². The highest BCUT2D eigenvalue weighted by Crippen LogP contribution is 2.28. The van der Waals surface area contributed by atoms with Crippen LogP contribution in [0.15, 0.2) is 54.6 Å². The molecule has 1 aliphatic heterocycles. The predicted octanol–water partition coefficient (Wildman–Crippen LogP) is 4.88. The number of amides is 2. The Bertz CT molecular complexity index is 872. The Hall–Kier alpha value is -3.31. The quantitative estimate of drug-likeness (QED) is 0.718. The molecule has 1 unspecified atom stereocenters. The summed E-state index contributed by atoms with van der Waals surface area (Å²) >= 11 is 0. The minimum atomic E-state index is -0.0756. The summed E-state index contributed by atoms with van der Waals surface area (Å²) in [5.41, 5.74) is 2.99. The van der Waals surface area contributed by atoms with Gasteiger partial charge in [-0.25, -0.2) is 4.79 Å². The number of nitrogens with zero attached hydrogens (tertiary/aromatic N) is 3. The minimum absolute atomic E-state index is 0.0333. The molecular weight excluding hydrogens is 360 g/mol. The molecule has 1 atom stereocenters. The lowest BCUT2D eigenvalue weighted by atomic mass is 9.89. The number of hydrogen-bond acceptors (Lipinski definition) is 3. The summed E-state index contributed by atoms with van der Waals surface area (Å²) in [4.78, 5) is 14.7. The van der Waals surface area contributed by atoms with Gasteiger partial charge in [0, 0.05) is 19.5 Å². The normalized spacial score (nSPS) is 15.2. The predicted molar refractivity (Wildman–Crippen MR) is 112 cm³/mol. The van der Waals surface area contributed by atoms with Crippen molar-refractivity contribution in [3.8, 4) is 12.1 Å². The molecule has 0 aromatic heterocycles. The maximum Gasteiger partial charge on any atom is 0.317 e. The van der Waals surface area contributed by atoms with Crippen molar-refractivity contribution >= 4 is 6.03 Å². The number of carbonyl (C=O) groups excluding carboxylic acids is 1. The van der Waals surface area contributed by atoms with E-state index in [1.165, 1.54) is 5.56 Å². The smallest absolute Gasteiger partial charge is 0.317 e. The molecule has 2 aromatic carbocycles. The van der Waals surface area contributed by atoms with Crippen molar-refractivity contribution in [1.82, 2.24) is 10.2 Å². The third-order valence-electron chi connectivity index (χ3n) is 5.57. The van der Waals surface area contributed by atoms with E-state index in [2.05, 4.69) is 17.5 Å². The fraction of sp³-hybridized carbons (Fsp3) is 0.375. The monoisotopic (exact) mass is 386 g/mol. The summed E-state index contributed by atoms with van der Waals surface area (Å²) in [5.74, 6) is 0.423. The molecule has 0 saturated carbocycles. The maximum atomic E-state index is 12.9. The van der Waals surface area contributed by atoms with Crippen LogP contribution in [0.3, 0.4) is 0 Å². The second kappa shape index (κ2) is 10.3. The first-order valence-electron chi connectivity index (χ1n) is 10.2. The minimum Gasteiger partial charge on any atom is -0.331 e. The fourth-order valence-electron chi connectivity index (χ4n) is 3.88. The van der Waals surface area contributed by atoms with Crippen molar-refractivity contribution in [3.05, 3.63) is 71.3 Å². The molecule has 0 radical (unpaired) electrons. The Morgan fingerprint density at radius 1 is 1.07 bits per heavy atom. The molecule has 2 amide bonds. The van der Waals surface area contributed by atoms with Crippen molar-refractivity contribution in [2.75, 3.05) is 13.1 Å². The van der Waals surface area contributed by atoms with Gasteiger partial charge in [0.05, 0.1) is 23.7 Å². The zero-order chi connectivity index (χ0) is 20.5. The first-order valence-corrected chi connectivity index (χ1v) is 10.2. The van der Waals surface area contributed by atoms with Gasteiger partial charge in [-0.2, -0.15) is 10.5 Å². The number of nitriles is 2. The lowest BCUT2D eigenvalue weighted by molar-refractivity contribution is 0.177. The number of likely N-dealkylation sites (tertiary alicyclic amines) is 1. The Morgan fingerprint density at radius 2 is 1.76 bits per heavy atom. The average molecular weight is 386 g/mol. The van der Waals surface area contributed by atoms with Crippen LogP contribution in [0.25, 0.3) is 0 Å². The van der Waals surface area contributed by atoms with E-state index in [1.807, 2.05) is 59.5 Å². The maximum absolute atomic E-state index is 12.9. The topological polar surface area (TPSA) is 79.9 Å². The van der Waals surface area contributed by atoms with E-state index in [4.69, 9.17) is 10.5 Å². The van der Waals surface area contributed by atoms with Crippen molar-refractivity contribution in [3.63, 3.8) is 0 Å². The summed E-state index contributed by atoms with van der Waals surface area (Å²) in [6, 6.07) is 22.0. The zero-order valence-corrected chi connectivity index (χ0v) is 16.6. The van der Waals surface area contributed by atoms with Gasteiger partial charge < -0.3 is 10.2 Å². The summed E-state index contributed by atoms with van der Waals surface area (Å²) in [6.07, 6.45) is 3.85. The fourth-order valence-corrected chi connectivity index (χ4v) is 3.88. The SMILES string of the molecule is N#CCCCC(NC(=O)N1CCC(c2ccc(C#N)cc2)CC1)c1ccccc1. The molecule has 1 saturated heterocycles. The molecule has 29 heavy (non-hydrogen) atoms. The number of unbranched alkanes of at least 4 members (excludes halogenated alkanes) is 1. The summed E-state index contributed by atoms with van der Waals surface area (Å²) in [7, 11) is 0.